The number of pyridine rings is 1. The van der Waals surface area contributed by atoms with Crippen LogP contribution in [0.1, 0.15) is 24.2 Å². The molecule has 1 aromatic heterocycles. The molecule has 1 rings (SSSR count). The molecule has 0 saturated heterocycles. The lowest BCUT2D eigenvalue weighted by Crippen LogP contribution is -2.38. The maximum Gasteiger partial charge on any atom is 0.230 e. The number of ketones is 1. The Kier molecular flexibility index (Phi) is 2.65. The summed E-state index contributed by atoms with van der Waals surface area (Å²) in [6, 6.07) is 3.25. The van der Waals surface area contributed by atoms with Crippen molar-refractivity contribution in [3.05, 3.63) is 30.1 Å². The fraction of sp³-hybridized carbons (Fsp3) is 0.300. The number of primary amides is 1. The Morgan fingerprint density at radius 1 is 1.43 bits per heavy atom. The Hall–Kier alpha value is -1.71. The van der Waals surface area contributed by atoms with Gasteiger partial charge in [0.05, 0.1) is 0 Å². The minimum Gasteiger partial charge on any atom is -0.369 e. The first kappa shape index (κ1) is 10.4. The number of nitrogens with zero attached hydrogens (tertiary/aromatic N) is 1. The maximum atomic E-state index is 11.8. The molecule has 1 aromatic rings. The fourth-order valence-electron chi connectivity index (χ4n) is 0.970. The average Bonchev–Trinajstić information content (AvgIpc) is 2.17. The highest BCUT2D eigenvalue weighted by atomic mass is 16.2. The van der Waals surface area contributed by atoms with Gasteiger partial charge in [-0.3, -0.25) is 14.6 Å². The van der Waals surface area contributed by atoms with Gasteiger partial charge in [0.15, 0.2) is 5.78 Å². The van der Waals surface area contributed by atoms with Crippen LogP contribution in [0.25, 0.3) is 0 Å². The molecular weight excluding hydrogens is 180 g/mol. The number of hydrogen-bond acceptors (Lipinski definition) is 3. The van der Waals surface area contributed by atoms with E-state index >= 15 is 0 Å². The van der Waals surface area contributed by atoms with E-state index in [1.807, 2.05) is 0 Å². The van der Waals surface area contributed by atoms with Gasteiger partial charge in [-0.2, -0.15) is 0 Å². The summed E-state index contributed by atoms with van der Waals surface area (Å²) in [5.74, 6) is -0.940. The van der Waals surface area contributed by atoms with E-state index in [1.165, 1.54) is 20.0 Å². The van der Waals surface area contributed by atoms with E-state index in [0.29, 0.717) is 5.56 Å². The molecule has 4 nitrogen and oxygen atoms in total. The molecule has 0 saturated carbocycles. The van der Waals surface area contributed by atoms with E-state index in [0.717, 1.165) is 0 Å². The molecule has 14 heavy (non-hydrogen) atoms. The summed E-state index contributed by atoms with van der Waals surface area (Å²) in [7, 11) is 0. The van der Waals surface area contributed by atoms with Crippen molar-refractivity contribution in [1.29, 1.82) is 0 Å². The zero-order valence-corrected chi connectivity index (χ0v) is 8.15. The van der Waals surface area contributed by atoms with Crippen LogP contribution in [-0.2, 0) is 4.79 Å². The summed E-state index contributed by atoms with van der Waals surface area (Å²) in [5, 5.41) is 0. The number of Topliss-reactive ketones (excluding diaryl/α,β-unsaturated/α-hetero) is 1. The molecule has 74 valence electrons. The zero-order valence-electron chi connectivity index (χ0n) is 8.15. The van der Waals surface area contributed by atoms with Gasteiger partial charge in [0.1, 0.15) is 5.41 Å². The van der Waals surface area contributed by atoms with Crippen molar-refractivity contribution in [3.63, 3.8) is 0 Å². The molecule has 0 unspecified atom stereocenters. The first-order valence-corrected chi connectivity index (χ1v) is 4.21. The third kappa shape index (κ3) is 1.79. The van der Waals surface area contributed by atoms with Crippen LogP contribution >= 0.6 is 0 Å². The van der Waals surface area contributed by atoms with Crippen molar-refractivity contribution in [3.8, 4) is 0 Å². The largest absolute Gasteiger partial charge is 0.369 e. The van der Waals surface area contributed by atoms with Crippen molar-refractivity contribution < 1.29 is 9.59 Å². The van der Waals surface area contributed by atoms with Crippen molar-refractivity contribution in [1.82, 2.24) is 4.98 Å². The van der Waals surface area contributed by atoms with Gasteiger partial charge < -0.3 is 5.73 Å². The smallest absolute Gasteiger partial charge is 0.230 e. The third-order valence-electron chi connectivity index (χ3n) is 2.11. The lowest BCUT2D eigenvalue weighted by atomic mass is 9.84. The van der Waals surface area contributed by atoms with Gasteiger partial charge in [-0.1, -0.05) is 0 Å². The highest BCUT2D eigenvalue weighted by Gasteiger charge is 2.34. The van der Waals surface area contributed by atoms with E-state index in [4.69, 9.17) is 5.73 Å². The van der Waals surface area contributed by atoms with Crippen LogP contribution in [0.2, 0.25) is 0 Å². The van der Waals surface area contributed by atoms with Gasteiger partial charge >= 0.3 is 0 Å². The van der Waals surface area contributed by atoms with Crippen LogP contribution in [0, 0.1) is 5.41 Å². The molecule has 0 radical (unpaired) electrons. The van der Waals surface area contributed by atoms with Crippen LogP contribution in [-0.4, -0.2) is 16.7 Å². The topological polar surface area (TPSA) is 73.1 Å². The number of amides is 1. The van der Waals surface area contributed by atoms with E-state index < -0.39 is 11.3 Å². The van der Waals surface area contributed by atoms with E-state index in [1.54, 1.807) is 18.3 Å². The van der Waals surface area contributed by atoms with Gasteiger partial charge in [0, 0.05) is 18.0 Å². The first-order chi connectivity index (χ1) is 6.46. The summed E-state index contributed by atoms with van der Waals surface area (Å²) < 4.78 is 0. The molecular formula is C10H12N2O2. The molecule has 2 N–H and O–H groups in total. The van der Waals surface area contributed by atoms with E-state index in [2.05, 4.69) is 4.98 Å². The standard InChI is InChI=1S/C10H12N2O2/c1-10(2,9(11)14)8(13)7-4-3-5-12-6-7/h3-6H,1-2H3,(H2,11,14). The first-order valence-electron chi connectivity index (χ1n) is 4.21. The molecule has 0 aromatic carbocycles. The molecule has 1 heterocycles. The average molecular weight is 192 g/mol. The van der Waals surface area contributed by atoms with Gasteiger partial charge in [0.2, 0.25) is 5.91 Å². The predicted molar refractivity (Wildman–Crippen MR) is 51.5 cm³/mol. The van der Waals surface area contributed by atoms with Crippen molar-refractivity contribution >= 4 is 11.7 Å². The molecule has 1 amide bonds. The lowest BCUT2D eigenvalue weighted by molar-refractivity contribution is -0.123. The van der Waals surface area contributed by atoms with E-state index in [-0.39, 0.29) is 5.78 Å². The molecule has 0 aliphatic heterocycles. The quantitative estimate of drug-likeness (QED) is 0.568. The Bertz CT molecular complexity index is 358. The van der Waals surface area contributed by atoms with Gasteiger partial charge in [0.25, 0.3) is 0 Å². The Morgan fingerprint density at radius 3 is 2.50 bits per heavy atom. The lowest BCUT2D eigenvalue weighted by Gasteiger charge is -2.18. The maximum absolute atomic E-state index is 11.8. The summed E-state index contributed by atoms with van der Waals surface area (Å²) in [6.45, 7) is 3.01. The highest BCUT2D eigenvalue weighted by Crippen LogP contribution is 2.20. The number of aromatic nitrogens is 1. The summed E-state index contributed by atoms with van der Waals surface area (Å²) in [6.07, 6.45) is 2.99. The van der Waals surface area contributed by atoms with Crippen LogP contribution < -0.4 is 5.73 Å². The molecule has 0 fully saturated rings. The van der Waals surface area contributed by atoms with Gasteiger partial charge in [-0.15, -0.1) is 0 Å². The second-order valence-corrected chi connectivity index (χ2v) is 3.56. The Balaban J connectivity index is 3.03. The van der Waals surface area contributed by atoms with Crippen molar-refractivity contribution in [2.75, 3.05) is 0 Å². The normalized spacial score (nSPS) is 11.0. The predicted octanol–water partition coefficient (Wildman–Crippen LogP) is 0.776. The van der Waals surface area contributed by atoms with Crippen LogP contribution in [0.4, 0.5) is 0 Å². The number of rotatable bonds is 3. The minimum absolute atomic E-state index is 0.307. The van der Waals surface area contributed by atoms with Gasteiger partial charge in [-0.25, -0.2) is 0 Å². The number of hydrogen-bond donors (Lipinski definition) is 1. The number of carbonyl (C=O) groups excluding carboxylic acids is 2. The van der Waals surface area contributed by atoms with Gasteiger partial charge in [-0.05, 0) is 26.0 Å². The summed E-state index contributed by atoms with van der Waals surface area (Å²) in [5.41, 5.74) is 4.35. The molecule has 4 heteroatoms. The van der Waals surface area contributed by atoms with Crippen LogP contribution in [0.3, 0.4) is 0 Å². The van der Waals surface area contributed by atoms with Crippen LogP contribution in [0.5, 0.6) is 0 Å². The summed E-state index contributed by atoms with van der Waals surface area (Å²) >= 11 is 0. The monoisotopic (exact) mass is 192 g/mol. The molecule has 0 atom stereocenters. The summed E-state index contributed by atoms with van der Waals surface area (Å²) in [4.78, 5) is 26.6. The van der Waals surface area contributed by atoms with E-state index in [9.17, 15) is 9.59 Å². The second-order valence-electron chi connectivity index (χ2n) is 3.56. The van der Waals surface area contributed by atoms with Crippen molar-refractivity contribution in [2.24, 2.45) is 11.1 Å². The third-order valence-corrected chi connectivity index (χ3v) is 2.11. The Morgan fingerprint density at radius 2 is 2.07 bits per heavy atom. The minimum atomic E-state index is -1.18. The Labute approximate surface area is 82.1 Å². The highest BCUT2D eigenvalue weighted by molar-refractivity contribution is 6.12. The molecule has 0 aliphatic carbocycles. The number of nitrogens with two attached hydrogens (primary N) is 1. The SMILES string of the molecule is CC(C)(C(N)=O)C(=O)c1cccnc1. The molecule has 0 aliphatic rings. The molecule has 0 spiro atoms. The number of carbonyl (C=O) groups is 2. The second kappa shape index (κ2) is 3.57. The molecule has 0 bridgehead atoms. The van der Waals surface area contributed by atoms with Crippen molar-refractivity contribution in [2.45, 2.75) is 13.8 Å². The fourth-order valence-corrected chi connectivity index (χ4v) is 0.970. The zero-order chi connectivity index (χ0) is 10.8. The van der Waals surface area contributed by atoms with Crippen LogP contribution in [0.15, 0.2) is 24.5 Å².